The smallest absolute Gasteiger partial charge is 0.224 e. The summed E-state index contributed by atoms with van der Waals surface area (Å²) in [5, 5.41) is 2.68. The van der Waals surface area contributed by atoms with Gasteiger partial charge in [-0.25, -0.2) is 4.39 Å². The molecule has 2 aromatic rings. The van der Waals surface area contributed by atoms with Crippen molar-refractivity contribution in [3.63, 3.8) is 0 Å². The summed E-state index contributed by atoms with van der Waals surface area (Å²) in [5.74, 6) is -0.488. The number of carbonyl (C=O) groups is 1. The van der Waals surface area contributed by atoms with Gasteiger partial charge in [0.05, 0.1) is 0 Å². The Bertz CT molecular complexity index is 613. The minimum Gasteiger partial charge on any atom is -0.326 e. The van der Waals surface area contributed by atoms with Gasteiger partial charge in [-0.15, -0.1) is 0 Å². The van der Waals surface area contributed by atoms with Crippen LogP contribution in [-0.2, 0) is 4.79 Å². The predicted molar refractivity (Wildman–Crippen MR) is 82.4 cm³/mol. The highest BCUT2D eigenvalue weighted by Crippen LogP contribution is 2.17. The second-order valence-electron chi connectivity index (χ2n) is 5.07. The molecule has 0 spiro atoms. The van der Waals surface area contributed by atoms with Crippen LogP contribution in [0, 0.1) is 12.7 Å². The Hall–Kier alpha value is -2.20. The number of anilines is 1. The molecule has 3 nitrogen and oxygen atoms in total. The zero-order valence-electron chi connectivity index (χ0n) is 12.0. The van der Waals surface area contributed by atoms with Gasteiger partial charge in [-0.05, 0) is 36.6 Å². The fourth-order valence-corrected chi connectivity index (χ4v) is 2.05. The van der Waals surface area contributed by atoms with Crippen LogP contribution in [0.5, 0.6) is 0 Å². The highest BCUT2D eigenvalue weighted by atomic mass is 19.1. The van der Waals surface area contributed by atoms with Crippen molar-refractivity contribution in [2.45, 2.75) is 25.8 Å². The molecule has 1 atom stereocenters. The Labute approximate surface area is 124 Å². The molecular formula is C17H19FN2O. The van der Waals surface area contributed by atoms with Crippen LogP contribution in [0.2, 0.25) is 0 Å². The summed E-state index contributed by atoms with van der Waals surface area (Å²) in [4.78, 5) is 11.9. The van der Waals surface area contributed by atoms with Gasteiger partial charge in [-0.2, -0.15) is 0 Å². The quantitative estimate of drug-likeness (QED) is 0.883. The maximum atomic E-state index is 13.4. The van der Waals surface area contributed by atoms with Gasteiger partial charge in [0.25, 0.3) is 0 Å². The van der Waals surface area contributed by atoms with E-state index in [-0.39, 0.29) is 17.8 Å². The second-order valence-corrected chi connectivity index (χ2v) is 5.07. The van der Waals surface area contributed by atoms with Gasteiger partial charge in [0, 0.05) is 18.2 Å². The van der Waals surface area contributed by atoms with Crippen molar-refractivity contribution in [2.24, 2.45) is 5.73 Å². The molecular weight excluding hydrogens is 267 g/mol. The first-order valence-corrected chi connectivity index (χ1v) is 6.93. The first-order valence-electron chi connectivity index (χ1n) is 6.93. The number of halogens is 1. The van der Waals surface area contributed by atoms with E-state index in [1.807, 2.05) is 30.3 Å². The first kappa shape index (κ1) is 15.2. The van der Waals surface area contributed by atoms with Crippen molar-refractivity contribution in [1.82, 2.24) is 0 Å². The lowest BCUT2D eigenvalue weighted by Crippen LogP contribution is -2.16. The number of hydrogen-bond acceptors (Lipinski definition) is 2. The summed E-state index contributed by atoms with van der Waals surface area (Å²) >= 11 is 0. The van der Waals surface area contributed by atoms with E-state index >= 15 is 0 Å². The summed E-state index contributed by atoms with van der Waals surface area (Å²) in [7, 11) is 0. The Kier molecular flexibility index (Phi) is 5.06. The number of hydrogen-bond donors (Lipinski definition) is 2. The Morgan fingerprint density at radius 1 is 1.24 bits per heavy atom. The molecule has 0 fully saturated rings. The molecule has 0 aliphatic rings. The molecule has 2 rings (SSSR count). The molecule has 2 aromatic carbocycles. The van der Waals surface area contributed by atoms with Gasteiger partial charge in [0.1, 0.15) is 5.82 Å². The fourth-order valence-electron chi connectivity index (χ4n) is 2.05. The number of rotatable bonds is 5. The van der Waals surface area contributed by atoms with Crippen molar-refractivity contribution in [2.75, 3.05) is 5.32 Å². The molecule has 0 heterocycles. The molecule has 0 saturated carbocycles. The van der Waals surface area contributed by atoms with Crippen LogP contribution in [-0.4, -0.2) is 5.91 Å². The van der Waals surface area contributed by atoms with Crippen molar-refractivity contribution >= 4 is 11.6 Å². The molecule has 0 bridgehead atoms. The number of benzene rings is 2. The largest absolute Gasteiger partial charge is 0.326 e. The Balaban J connectivity index is 1.86. The average molecular weight is 286 g/mol. The third-order valence-corrected chi connectivity index (χ3v) is 3.37. The summed E-state index contributed by atoms with van der Waals surface area (Å²) < 4.78 is 13.4. The van der Waals surface area contributed by atoms with Gasteiger partial charge >= 0.3 is 0 Å². The van der Waals surface area contributed by atoms with E-state index in [0.29, 0.717) is 24.1 Å². The highest BCUT2D eigenvalue weighted by Gasteiger charge is 2.09. The fraction of sp³-hybridized carbons (Fsp3) is 0.235. The van der Waals surface area contributed by atoms with Gasteiger partial charge in [0.2, 0.25) is 5.91 Å². The van der Waals surface area contributed by atoms with Crippen molar-refractivity contribution in [3.8, 4) is 0 Å². The molecule has 0 aliphatic heterocycles. The maximum absolute atomic E-state index is 13.4. The summed E-state index contributed by atoms with van der Waals surface area (Å²) in [6.07, 6.45) is 0.843. The van der Waals surface area contributed by atoms with Crippen LogP contribution in [0.15, 0.2) is 48.5 Å². The molecule has 0 saturated heterocycles. The average Bonchev–Trinajstić information content (AvgIpc) is 2.49. The summed E-state index contributed by atoms with van der Waals surface area (Å²) in [5.41, 5.74) is 8.07. The molecule has 4 heteroatoms. The molecule has 1 amide bonds. The van der Waals surface area contributed by atoms with Crippen molar-refractivity contribution < 1.29 is 9.18 Å². The summed E-state index contributed by atoms with van der Waals surface area (Å²) in [6, 6.07) is 14.1. The van der Waals surface area contributed by atoms with Crippen LogP contribution in [0.3, 0.4) is 0 Å². The second kappa shape index (κ2) is 6.99. The minimum atomic E-state index is -0.325. The van der Waals surface area contributed by atoms with Gasteiger partial charge < -0.3 is 11.1 Å². The highest BCUT2D eigenvalue weighted by molar-refractivity contribution is 5.90. The standard InChI is InChI=1S/C17H19FN2O/c1-12-7-8-14(11-15(12)18)20-17(21)10-9-16(19)13-5-3-2-4-6-13/h2-8,11,16H,9-10,19H2,1H3,(H,20,21). The lowest BCUT2D eigenvalue weighted by Gasteiger charge is -2.12. The SMILES string of the molecule is Cc1ccc(NC(=O)CCC(N)c2ccccc2)cc1F. The molecule has 0 aliphatic carbocycles. The number of nitrogens with two attached hydrogens (primary N) is 1. The van der Waals surface area contributed by atoms with E-state index in [9.17, 15) is 9.18 Å². The Morgan fingerprint density at radius 2 is 1.95 bits per heavy atom. The number of amides is 1. The summed E-state index contributed by atoms with van der Waals surface area (Å²) in [6.45, 7) is 1.68. The van der Waals surface area contributed by atoms with Gasteiger partial charge in [-0.3, -0.25) is 4.79 Å². The van der Waals surface area contributed by atoms with Crippen LogP contribution in [0.1, 0.15) is 30.0 Å². The molecule has 3 N–H and O–H groups in total. The zero-order chi connectivity index (χ0) is 15.2. The van der Waals surface area contributed by atoms with Crippen LogP contribution in [0.4, 0.5) is 10.1 Å². The number of aryl methyl sites for hydroxylation is 1. The molecule has 0 radical (unpaired) electrons. The van der Waals surface area contributed by atoms with Crippen LogP contribution >= 0.6 is 0 Å². The lowest BCUT2D eigenvalue weighted by atomic mass is 10.0. The van der Waals surface area contributed by atoms with Crippen molar-refractivity contribution in [1.29, 1.82) is 0 Å². The van der Waals surface area contributed by atoms with E-state index in [1.165, 1.54) is 6.07 Å². The maximum Gasteiger partial charge on any atom is 0.224 e. The molecule has 1 unspecified atom stereocenters. The molecule has 110 valence electrons. The minimum absolute atomic E-state index is 0.162. The van der Waals surface area contributed by atoms with E-state index in [4.69, 9.17) is 5.73 Å². The monoisotopic (exact) mass is 286 g/mol. The van der Waals surface area contributed by atoms with E-state index in [1.54, 1.807) is 19.1 Å². The van der Waals surface area contributed by atoms with E-state index in [0.717, 1.165) is 5.56 Å². The van der Waals surface area contributed by atoms with Crippen LogP contribution in [0.25, 0.3) is 0 Å². The lowest BCUT2D eigenvalue weighted by molar-refractivity contribution is -0.116. The third-order valence-electron chi connectivity index (χ3n) is 3.37. The van der Waals surface area contributed by atoms with Gasteiger partial charge in [-0.1, -0.05) is 36.4 Å². The Morgan fingerprint density at radius 3 is 2.62 bits per heavy atom. The van der Waals surface area contributed by atoms with Crippen LogP contribution < -0.4 is 11.1 Å². The number of nitrogens with one attached hydrogen (secondary N) is 1. The predicted octanol–water partition coefficient (Wildman–Crippen LogP) is 3.55. The van der Waals surface area contributed by atoms with Crippen molar-refractivity contribution in [3.05, 3.63) is 65.5 Å². The topological polar surface area (TPSA) is 55.1 Å². The third kappa shape index (κ3) is 4.39. The van der Waals surface area contributed by atoms with E-state index < -0.39 is 0 Å². The number of carbonyl (C=O) groups excluding carboxylic acids is 1. The zero-order valence-corrected chi connectivity index (χ0v) is 12.0. The normalized spacial score (nSPS) is 12.0. The first-order chi connectivity index (χ1) is 10.1. The molecule has 21 heavy (non-hydrogen) atoms. The molecule has 0 aromatic heterocycles. The van der Waals surface area contributed by atoms with E-state index in [2.05, 4.69) is 5.32 Å². The van der Waals surface area contributed by atoms with Gasteiger partial charge in [0.15, 0.2) is 0 Å².